The van der Waals surface area contributed by atoms with Gasteiger partial charge >= 0.3 is 0 Å². The molecule has 0 heterocycles. The number of carbonyl (C=O) groups excluding carboxylic acids is 2. The Kier molecular flexibility index (Phi) is 6.75. The monoisotopic (exact) mass is 427 g/mol. The molecule has 0 unspecified atom stereocenters. The molecule has 148 valence electrons. The summed E-state index contributed by atoms with van der Waals surface area (Å²) in [4.78, 5) is 26.3. The van der Waals surface area contributed by atoms with E-state index in [1.807, 2.05) is 30.3 Å². The van der Waals surface area contributed by atoms with Gasteiger partial charge in [0.15, 0.2) is 0 Å². The maximum Gasteiger partial charge on any atom is 0.258 e. The van der Waals surface area contributed by atoms with Crippen LogP contribution in [0.5, 0.6) is 0 Å². The average molecular weight is 428 g/mol. The van der Waals surface area contributed by atoms with Crippen molar-refractivity contribution in [1.82, 2.24) is 0 Å². The normalized spacial score (nSPS) is 10.3. The molecule has 0 fully saturated rings. The summed E-state index contributed by atoms with van der Waals surface area (Å²) in [5.41, 5.74) is 2.54. The Bertz CT molecular complexity index is 1010. The molecular formula is C22H19Cl2N3O2. The number of amides is 2. The molecular weight excluding hydrogens is 409 g/mol. The molecule has 2 N–H and O–H groups in total. The van der Waals surface area contributed by atoms with E-state index in [0.29, 0.717) is 21.3 Å². The Morgan fingerprint density at radius 1 is 0.931 bits per heavy atom. The van der Waals surface area contributed by atoms with Gasteiger partial charge in [-0.1, -0.05) is 41.4 Å². The summed E-state index contributed by atoms with van der Waals surface area (Å²) < 4.78 is 0. The molecule has 0 bridgehead atoms. The molecule has 0 saturated carbocycles. The number of para-hydroxylation sites is 1. The van der Waals surface area contributed by atoms with Gasteiger partial charge in [0.25, 0.3) is 5.91 Å². The summed E-state index contributed by atoms with van der Waals surface area (Å²) in [7, 11) is 1.73. The number of benzene rings is 3. The Morgan fingerprint density at radius 3 is 2.31 bits per heavy atom. The van der Waals surface area contributed by atoms with E-state index >= 15 is 0 Å². The maximum atomic E-state index is 12.6. The zero-order valence-corrected chi connectivity index (χ0v) is 17.2. The standard InChI is InChI=1S/C22H19Cl2N3O2/c1-27(18-5-3-2-4-6-18)22(29)15-7-10-17(11-8-15)25-14-21(28)26-20-13-16(23)9-12-19(20)24/h2-13,25H,14H2,1H3,(H,26,28). The van der Waals surface area contributed by atoms with Gasteiger partial charge < -0.3 is 15.5 Å². The molecule has 0 aliphatic carbocycles. The largest absolute Gasteiger partial charge is 0.376 e. The van der Waals surface area contributed by atoms with Crippen LogP contribution in [0.2, 0.25) is 10.0 Å². The van der Waals surface area contributed by atoms with Crippen LogP contribution in [-0.4, -0.2) is 25.4 Å². The van der Waals surface area contributed by atoms with Crippen LogP contribution in [0.25, 0.3) is 0 Å². The van der Waals surface area contributed by atoms with Crippen LogP contribution in [0.3, 0.4) is 0 Å². The molecule has 0 saturated heterocycles. The van der Waals surface area contributed by atoms with Crippen molar-refractivity contribution in [2.45, 2.75) is 0 Å². The van der Waals surface area contributed by atoms with Crippen LogP contribution in [-0.2, 0) is 4.79 Å². The highest BCUT2D eigenvalue weighted by molar-refractivity contribution is 6.35. The number of carbonyl (C=O) groups is 2. The number of nitrogens with one attached hydrogen (secondary N) is 2. The van der Waals surface area contributed by atoms with E-state index in [4.69, 9.17) is 23.2 Å². The van der Waals surface area contributed by atoms with Gasteiger partial charge in [0.2, 0.25) is 5.91 Å². The lowest BCUT2D eigenvalue weighted by atomic mass is 10.1. The number of nitrogens with zero attached hydrogens (tertiary/aromatic N) is 1. The van der Waals surface area contributed by atoms with Gasteiger partial charge in [0.05, 0.1) is 17.3 Å². The van der Waals surface area contributed by atoms with Crippen molar-refractivity contribution in [3.63, 3.8) is 0 Å². The highest BCUT2D eigenvalue weighted by atomic mass is 35.5. The molecule has 3 aromatic carbocycles. The highest BCUT2D eigenvalue weighted by Gasteiger charge is 2.13. The van der Waals surface area contributed by atoms with Crippen LogP contribution >= 0.6 is 23.2 Å². The third kappa shape index (κ3) is 5.50. The minimum atomic E-state index is -0.266. The van der Waals surface area contributed by atoms with Crippen LogP contribution in [0.4, 0.5) is 17.1 Å². The topological polar surface area (TPSA) is 61.4 Å². The van der Waals surface area contributed by atoms with E-state index in [1.165, 1.54) is 0 Å². The summed E-state index contributed by atoms with van der Waals surface area (Å²) in [6.07, 6.45) is 0. The summed E-state index contributed by atoms with van der Waals surface area (Å²) >= 11 is 12.0. The van der Waals surface area contributed by atoms with Crippen LogP contribution in [0, 0.1) is 0 Å². The molecule has 0 atom stereocenters. The Hall–Kier alpha value is -3.02. The number of anilines is 3. The summed E-state index contributed by atoms with van der Waals surface area (Å²) in [6, 6.07) is 21.2. The Morgan fingerprint density at radius 2 is 1.62 bits per heavy atom. The van der Waals surface area contributed by atoms with E-state index in [0.717, 1.165) is 11.4 Å². The minimum absolute atomic E-state index is 0.0417. The van der Waals surface area contributed by atoms with Gasteiger partial charge in [0.1, 0.15) is 0 Å². The second kappa shape index (κ2) is 9.45. The number of hydrogen-bond acceptors (Lipinski definition) is 3. The van der Waals surface area contributed by atoms with Gasteiger partial charge in [-0.2, -0.15) is 0 Å². The highest BCUT2D eigenvalue weighted by Crippen LogP contribution is 2.25. The fourth-order valence-electron chi connectivity index (χ4n) is 2.66. The lowest BCUT2D eigenvalue weighted by Gasteiger charge is -2.17. The third-order valence-corrected chi connectivity index (χ3v) is 4.80. The summed E-state index contributed by atoms with van der Waals surface area (Å²) in [5, 5.41) is 6.61. The first-order valence-corrected chi connectivity index (χ1v) is 9.61. The molecule has 0 aromatic heterocycles. The van der Waals surface area contributed by atoms with Crippen molar-refractivity contribution in [2.24, 2.45) is 0 Å². The van der Waals surface area contributed by atoms with E-state index in [2.05, 4.69) is 10.6 Å². The SMILES string of the molecule is CN(C(=O)c1ccc(NCC(=O)Nc2cc(Cl)ccc2Cl)cc1)c1ccccc1. The first-order valence-electron chi connectivity index (χ1n) is 8.86. The van der Waals surface area contributed by atoms with E-state index < -0.39 is 0 Å². The molecule has 0 radical (unpaired) electrons. The Labute approximate surface area is 179 Å². The van der Waals surface area contributed by atoms with Crippen LogP contribution in [0.15, 0.2) is 72.8 Å². The van der Waals surface area contributed by atoms with E-state index in [9.17, 15) is 9.59 Å². The lowest BCUT2D eigenvalue weighted by Crippen LogP contribution is -2.26. The molecule has 3 aromatic rings. The minimum Gasteiger partial charge on any atom is -0.376 e. The maximum absolute atomic E-state index is 12.6. The second-order valence-corrected chi connectivity index (χ2v) is 7.15. The predicted molar refractivity (Wildman–Crippen MR) is 119 cm³/mol. The van der Waals surface area contributed by atoms with Gasteiger partial charge in [-0.25, -0.2) is 0 Å². The van der Waals surface area contributed by atoms with Gasteiger partial charge in [-0.3, -0.25) is 9.59 Å². The predicted octanol–water partition coefficient (Wildman–Crippen LogP) is 5.32. The van der Waals surface area contributed by atoms with E-state index in [1.54, 1.807) is 54.4 Å². The van der Waals surface area contributed by atoms with Gasteiger partial charge in [-0.05, 0) is 54.6 Å². The van der Waals surface area contributed by atoms with Crippen molar-refractivity contribution in [3.8, 4) is 0 Å². The van der Waals surface area contributed by atoms with Crippen molar-refractivity contribution < 1.29 is 9.59 Å². The molecule has 3 rings (SSSR count). The first-order chi connectivity index (χ1) is 13.9. The smallest absolute Gasteiger partial charge is 0.258 e. The fraction of sp³-hybridized carbons (Fsp3) is 0.0909. The summed E-state index contributed by atoms with van der Waals surface area (Å²) in [6.45, 7) is 0.0417. The molecule has 0 aliphatic rings. The first kappa shape index (κ1) is 20.7. The van der Waals surface area contributed by atoms with Crippen molar-refractivity contribution in [3.05, 3.63) is 88.4 Å². The molecule has 2 amide bonds. The second-order valence-electron chi connectivity index (χ2n) is 6.30. The van der Waals surface area contributed by atoms with Crippen molar-refractivity contribution in [2.75, 3.05) is 29.1 Å². The zero-order valence-electron chi connectivity index (χ0n) is 15.7. The van der Waals surface area contributed by atoms with E-state index in [-0.39, 0.29) is 18.4 Å². The number of hydrogen-bond donors (Lipinski definition) is 2. The zero-order chi connectivity index (χ0) is 20.8. The van der Waals surface area contributed by atoms with Gasteiger partial charge in [0, 0.05) is 29.0 Å². The van der Waals surface area contributed by atoms with Crippen LogP contribution < -0.4 is 15.5 Å². The number of rotatable bonds is 6. The fourth-order valence-corrected chi connectivity index (χ4v) is 3.00. The molecule has 0 spiro atoms. The average Bonchev–Trinajstić information content (AvgIpc) is 2.75. The van der Waals surface area contributed by atoms with Crippen LogP contribution in [0.1, 0.15) is 10.4 Å². The van der Waals surface area contributed by atoms with Crippen molar-refractivity contribution >= 4 is 52.1 Å². The molecule has 7 heteroatoms. The van der Waals surface area contributed by atoms with Crippen molar-refractivity contribution in [1.29, 1.82) is 0 Å². The molecule has 0 aliphatic heterocycles. The summed E-state index contributed by atoms with van der Waals surface area (Å²) in [5.74, 6) is -0.380. The Balaban J connectivity index is 1.57. The number of halogens is 2. The lowest BCUT2D eigenvalue weighted by molar-refractivity contribution is -0.114. The van der Waals surface area contributed by atoms with Gasteiger partial charge in [-0.15, -0.1) is 0 Å². The quantitative estimate of drug-likeness (QED) is 0.559. The third-order valence-electron chi connectivity index (χ3n) is 4.24. The molecule has 29 heavy (non-hydrogen) atoms. The molecule has 5 nitrogen and oxygen atoms in total.